The molecule has 3 heterocycles. The highest BCUT2D eigenvalue weighted by atomic mass is 16.6. The van der Waals surface area contributed by atoms with Crippen molar-refractivity contribution >= 4 is 27.9 Å². The van der Waals surface area contributed by atoms with Gasteiger partial charge in [-0.15, -0.1) is 5.10 Å². The van der Waals surface area contributed by atoms with E-state index >= 15 is 0 Å². The first-order chi connectivity index (χ1) is 13.2. The fourth-order valence-electron chi connectivity index (χ4n) is 2.66. The first-order valence-electron chi connectivity index (χ1n) is 8.42. The van der Waals surface area contributed by atoms with Crippen molar-refractivity contribution in [3.8, 4) is 0 Å². The smallest absolute Gasteiger partial charge is 0.221 e. The molecule has 3 aromatic heterocycles. The Morgan fingerprint density at radius 3 is 3.07 bits per heavy atom. The highest BCUT2D eigenvalue weighted by Gasteiger charge is 2.11. The van der Waals surface area contributed by atoms with Crippen molar-refractivity contribution in [2.24, 2.45) is 5.16 Å². The number of oxime groups is 1. The highest BCUT2D eigenvalue weighted by Crippen LogP contribution is 2.15. The largest absolute Gasteiger partial charge is 0.393 e. The van der Waals surface area contributed by atoms with Gasteiger partial charge in [0.25, 0.3) is 0 Å². The molecule has 0 aliphatic rings. The third-order valence-corrected chi connectivity index (χ3v) is 3.98. The number of fused-ring (bicyclic) bond motifs is 2. The van der Waals surface area contributed by atoms with Gasteiger partial charge in [0.05, 0.1) is 24.9 Å². The highest BCUT2D eigenvalue weighted by molar-refractivity contribution is 5.97. The summed E-state index contributed by atoms with van der Waals surface area (Å²) < 4.78 is 1.70. The summed E-state index contributed by atoms with van der Waals surface area (Å²) in [4.78, 5) is 18.2. The second-order valence-corrected chi connectivity index (χ2v) is 5.91. The topological polar surface area (TPSA) is 111 Å². The molecule has 0 saturated carbocycles. The van der Waals surface area contributed by atoms with Crippen LogP contribution in [0.25, 0.3) is 22.2 Å². The van der Waals surface area contributed by atoms with Crippen molar-refractivity contribution in [3.63, 3.8) is 0 Å². The molecular weight excluding hydrogens is 346 g/mol. The van der Waals surface area contributed by atoms with Crippen LogP contribution in [-0.4, -0.2) is 54.0 Å². The van der Waals surface area contributed by atoms with Crippen LogP contribution in [0.1, 0.15) is 18.2 Å². The molecule has 136 valence electrons. The molecule has 9 heteroatoms. The van der Waals surface area contributed by atoms with E-state index < -0.39 is 0 Å². The molecule has 0 radical (unpaired) electrons. The van der Waals surface area contributed by atoms with E-state index in [4.69, 9.17) is 9.94 Å². The van der Waals surface area contributed by atoms with Gasteiger partial charge in [0.1, 0.15) is 18.0 Å². The van der Waals surface area contributed by atoms with Crippen LogP contribution in [0.3, 0.4) is 0 Å². The molecule has 0 unspecified atom stereocenters. The van der Waals surface area contributed by atoms with Gasteiger partial charge in [-0.05, 0) is 30.7 Å². The summed E-state index contributed by atoms with van der Waals surface area (Å²) in [7, 11) is 0. The number of aromatic nitrogens is 6. The molecule has 0 aliphatic carbocycles. The molecule has 0 amide bonds. The van der Waals surface area contributed by atoms with Crippen LogP contribution in [-0.2, 0) is 11.4 Å². The van der Waals surface area contributed by atoms with Gasteiger partial charge in [0, 0.05) is 11.6 Å². The van der Waals surface area contributed by atoms with E-state index in [0.717, 1.165) is 16.5 Å². The third-order valence-electron chi connectivity index (χ3n) is 3.98. The van der Waals surface area contributed by atoms with E-state index in [1.165, 1.54) is 0 Å². The Morgan fingerprint density at radius 2 is 2.19 bits per heavy atom. The third kappa shape index (κ3) is 3.58. The summed E-state index contributed by atoms with van der Waals surface area (Å²) in [6.07, 6.45) is 3.35. The van der Waals surface area contributed by atoms with Gasteiger partial charge < -0.3 is 9.94 Å². The number of rotatable bonds is 6. The van der Waals surface area contributed by atoms with E-state index in [1.54, 1.807) is 24.0 Å². The average molecular weight is 363 g/mol. The summed E-state index contributed by atoms with van der Waals surface area (Å²) in [6.45, 7) is 2.30. The fraction of sp³-hybridized carbons (Fsp3) is 0.222. The van der Waals surface area contributed by atoms with Crippen LogP contribution >= 0.6 is 0 Å². The second kappa shape index (κ2) is 7.42. The van der Waals surface area contributed by atoms with Crippen LogP contribution in [0.15, 0.2) is 47.9 Å². The Bertz CT molecular complexity index is 1120. The Hall–Kier alpha value is -3.46. The summed E-state index contributed by atoms with van der Waals surface area (Å²) in [5.41, 5.74) is 4.16. The molecule has 4 rings (SSSR count). The quantitative estimate of drug-likeness (QED) is 0.314. The molecule has 4 aromatic rings. The number of aliphatic hydroxyl groups excluding tert-OH is 1. The first kappa shape index (κ1) is 17.0. The van der Waals surface area contributed by atoms with Crippen LogP contribution in [0.5, 0.6) is 0 Å². The normalized spacial score (nSPS) is 12.0. The molecular formula is C18H17N7O2. The van der Waals surface area contributed by atoms with Crippen molar-refractivity contribution < 1.29 is 9.94 Å². The Kier molecular flexibility index (Phi) is 4.67. The van der Waals surface area contributed by atoms with Crippen LogP contribution in [0.4, 0.5) is 0 Å². The number of pyridine rings is 1. The minimum atomic E-state index is -0.0978. The van der Waals surface area contributed by atoms with Gasteiger partial charge in [-0.1, -0.05) is 22.5 Å². The van der Waals surface area contributed by atoms with E-state index in [2.05, 4.69) is 36.5 Å². The molecule has 0 bridgehead atoms. The van der Waals surface area contributed by atoms with Gasteiger partial charge in [-0.2, -0.15) is 0 Å². The molecule has 0 atom stereocenters. The maximum atomic E-state index is 8.76. The Morgan fingerprint density at radius 1 is 1.26 bits per heavy atom. The molecule has 1 N–H and O–H groups in total. The van der Waals surface area contributed by atoms with Gasteiger partial charge >= 0.3 is 0 Å². The molecule has 0 aliphatic heterocycles. The molecule has 0 fully saturated rings. The van der Waals surface area contributed by atoms with Crippen molar-refractivity contribution in [2.45, 2.75) is 13.5 Å². The minimum absolute atomic E-state index is 0.0978. The number of nitrogens with zero attached hydrogens (tertiary/aromatic N) is 7. The Balaban J connectivity index is 1.65. The fourth-order valence-corrected chi connectivity index (χ4v) is 2.66. The van der Waals surface area contributed by atoms with Gasteiger partial charge in [-0.25, -0.2) is 14.6 Å². The zero-order valence-corrected chi connectivity index (χ0v) is 14.6. The van der Waals surface area contributed by atoms with Crippen molar-refractivity contribution in [1.29, 1.82) is 0 Å². The number of hydrogen-bond acceptors (Lipinski definition) is 8. The lowest BCUT2D eigenvalue weighted by Crippen LogP contribution is -2.07. The van der Waals surface area contributed by atoms with E-state index in [1.807, 2.05) is 24.3 Å². The van der Waals surface area contributed by atoms with Crippen molar-refractivity contribution in [2.75, 3.05) is 13.2 Å². The standard InChI is InChI=1S/C18H17N7O2/c1-12(23-27-8-7-26)16-10-20-17-18(21-16)25(24-22-17)11-13-4-5-15-14(9-13)3-2-6-19-15/h2-6,9-10,26H,7-8,11H2,1H3/b23-12-. The van der Waals surface area contributed by atoms with Gasteiger partial charge in [0.15, 0.2) is 5.65 Å². The maximum Gasteiger partial charge on any atom is 0.221 e. The van der Waals surface area contributed by atoms with E-state index in [-0.39, 0.29) is 13.2 Å². The zero-order chi connectivity index (χ0) is 18.6. The lowest BCUT2D eigenvalue weighted by Gasteiger charge is -2.05. The maximum absolute atomic E-state index is 8.76. The zero-order valence-electron chi connectivity index (χ0n) is 14.6. The lowest BCUT2D eigenvalue weighted by atomic mass is 10.1. The lowest BCUT2D eigenvalue weighted by molar-refractivity contribution is 0.0986. The van der Waals surface area contributed by atoms with Crippen molar-refractivity contribution in [3.05, 3.63) is 54.0 Å². The monoisotopic (exact) mass is 363 g/mol. The summed E-state index contributed by atoms with van der Waals surface area (Å²) in [6, 6.07) is 10.00. The van der Waals surface area contributed by atoms with Gasteiger partial charge in [-0.3, -0.25) is 4.98 Å². The second-order valence-electron chi connectivity index (χ2n) is 5.91. The molecule has 0 saturated heterocycles. The van der Waals surface area contributed by atoms with E-state index in [0.29, 0.717) is 29.2 Å². The summed E-state index contributed by atoms with van der Waals surface area (Å²) in [5, 5.41) is 22.0. The summed E-state index contributed by atoms with van der Waals surface area (Å²) >= 11 is 0. The number of hydrogen-bond donors (Lipinski definition) is 1. The van der Waals surface area contributed by atoms with Crippen molar-refractivity contribution in [1.82, 2.24) is 29.9 Å². The first-order valence-corrected chi connectivity index (χ1v) is 8.42. The molecule has 9 nitrogen and oxygen atoms in total. The molecule has 0 spiro atoms. The van der Waals surface area contributed by atoms with Crippen LogP contribution in [0, 0.1) is 0 Å². The minimum Gasteiger partial charge on any atom is -0.393 e. The molecule has 27 heavy (non-hydrogen) atoms. The predicted octanol–water partition coefficient (Wildman–Crippen LogP) is 1.55. The number of benzene rings is 1. The average Bonchev–Trinajstić information content (AvgIpc) is 3.10. The number of aliphatic hydroxyl groups is 1. The van der Waals surface area contributed by atoms with Crippen LogP contribution in [0.2, 0.25) is 0 Å². The van der Waals surface area contributed by atoms with Gasteiger partial charge in [0.2, 0.25) is 5.65 Å². The predicted molar refractivity (Wildman–Crippen MR) is 99.2 cm³/mol. The molecule has 1 aromatic carbocycles. The van der Waals surface area contributed by atoms with E-state index in [9.17, 15) is 0 Å². The SMILES string of the molecule is C/C(=N/OCCO)c1cnc2nnn(Cc3ccc4ncccc4c3)c2n1. The Labute approximate surface area is 154 Å². The van der Waals surface area contributed by atoms with Crippen LogP contribution < -0.4 is 0 Å². The summed E-state index contributed by atoms with van der Waals surface area (Å²) in [5.74, 6) is 0.